The predicted molar refractivity (Wildman–Crippen MR) is 97.0 cm³/mol. The molecule has 0 aliphatic heterocycles. The Morgan fingerprint density at radius 2 is 2.07 bits per heavy atom. The van der Waals surface area contributed by atoms with Crippen molar-refractivity contribution in [1.82, 2.24) is 14.8 Å². The van der Waals surface area contributed by atoms with Gasteiger partial charge in [-0.15, -0.1) is 5.10 Å². The van der Waals surface area contributed by atoms with Gasteiger partial charge in [-0.1, -0.05) is 11.6 Å². The number of ether oxygens (including phenoxy) is 2. The number of nitrogens with zero attached hydrogens (tertiary/aromatic N) is 3. The number of halogens is 4. The van der Waals surface area contributed by atoms with E-state index in [1.165, 1.54) is 16.8 Å². The lowest BCUT2D eigenvalue weighted by Crippen LogP contribution is -2.11. The van der Waals surface area contributed by atoms with Gasteiger partial charge in [0.2, 0.25) is 5.88 Å². The van der Waals surface area contributed by atoms with Gasteiger partial charge < -0.3 is 9.47 Å². The van der Waals surface area contributed by atoms with Crippen LogP contribution in [0, 0.1) is 0 Å². The van der Waals surface area contributed by atoms with E-state index in [-0.39, 0.29) is 30.0 Å². The Balaban J connectivity index is 2.32. The molecule has 152 valence electrons. The molecule has 10 heteroatoms. The molecule has 0 radical (unpaired) electrons. The smallest absolute Gasteiger partial charge is 0.417 e. The lowest BCUT2D eigenvalue weighted by molar-refractivity contribution is -0.138. The van der Waals surface area contributed by atoms with Crippen molar-refractivity contribution in [2.24, 2.45) is 0 Å². The highest BCUT2D eigenvalue weighted by atomic mass is 35.5. The van der Waals surface area contributed by atoms with Crippen LogP contribution in [0.3, 0.4) is 0 Å². The van der Waals surface area contributed by atoms with Crippen molar-refractivity contribution >= 4 is 23.6 Å². The Hall–Kier alpha value is -2.55. The fraction of sp³-hybridized carbons (Fsp3) is 0.389. The van der Waals surface area contributed by atoms with Crippen LogP contribution in [-0.2, 0) is 22.3 Å². The van der Waals surface area contributed by atoms with E-state index >= 15 is 0 Å². The van der Waals surface area contributed by atoms with Crippen molar-refractivity contribution in [1.29, 1.82) is 0 Å². The monoisotopic (exact) mass is 417 g/mol. The molecule has 0 unspecified atom stereocenters. The minimum atomic E-state index is -4.54. The normalized spacial score (nSPS) is 12.0. The summed E-state index contributed by atoms with van der Waals surface area (Å²) in [5.41, 5.74) is -0.269. The average molecular weight is 418 g/mol. The van der Waals surface area contributed by atoms with Gasteiger partial charge in [-0.05, 0) is 32.9 Å². The third kappa shape index (κ3) is 5.98. The van der Waals surface area contributed by atoms with Crippen molar-refractivity contribution in [2.45, 2.75) is 39.6 Å². The summed E-state index contributed by atoms with van der Waals surface area (Å²) in [7, 11) is 0. The number of hydrogen-bond donors (Lipinski definition) is 0. The maximum absolute atomic E-state index is 12.8. The number of alkyl halides is 3. The molecular formula is C18H19ClF3N3O3. The molecule has 0 fully saturated rings. The summed E-state index contributed by atoms with van der Waals surface area (Å²) in [6.07, 6.45) is -1.27. The van der Waals surface area contributed by atoms with E-state index in [1.54, 1.807) is 13.0 Å². The Bertz CT molecular complexity index is 863. The molecule has 2 aromatic heterocycles. The van der Waals surface area contributed by atoms with Crippen LogP contribution in [0.15, 0.2) is 24.4 Å². The maximum Gasteiger partial charge on any atom is 0.417 e. The van der Waals surface area contributed by atoms with Crippen LogP contribution in [-0.4, -0.2) is 33.4 Å². The molecule has 0 spiro atoms. The number of aromatic nitrogens is 3. The number of pyridine rings is 1. The number of carbonyl (C=O) groups excluding carboxylic acids is 1. The van der Waals surface area contributed by atoms with Crippen molar-refractivity contribution in [3.05, 3.63) is 46.4 Å². The number of carbonyl (C=O) groups is 1. The second-order valence-electron chi connectivity index (χ2n) is 5.97. The summed E-state index contributed by atoms with van der Waals surface area (Å²) >= 11 is 5.97. The maximum atomic E-state index is 12.8. The number of esters is 1. The van der Waals surface area contributed by atoms with Crippen LogP contribution in [0.2, 0.25) is 5.02 Å². The van der Waals surface area contributed by atoms with Gasteiger partial charge in [-0.3, -0.25) is 9.67 Å². The van der Waals surface area contributed by atoms with E-state index in [4.69, 9.17) is 21.1 Å². The van der Waals surface area contributed by atoms with Gasteiger partial charge in [0.25, 0.3) is 0 Å². The number of rotatable bonds is 7. The van der Waals surface area contributed by atoms with Gasteiger partial charge in [0, 0.05) is 18.3 Å². The van der Waals surface area contributed by atoms with Crippen LogP contribution in [0.1, 0.15) is 37.7 Å². The zero-order valence-electron chi connectivity index (χ0n) is 15.5. The average Bonchev–Trinajstić information content (AvgIpc) is 2.94. The lowest BCUT2D eigenvalue weighted by atomic mass is 10.2. The molecule has 6 nitrogen and oxygen atoms in total. The molecule has 2 heterocycles. The standard InChI is InChI=1S/C18H19ClF3N3O3/c1-4-27-17(26)6-5-13-8-16(28-11(2)3)24-25(13)10-15-14(19)7-12(9-23-15)18(20,21)22/h5-9,11H,4,10H2,1-3H3/b6-5+. The van der Waals surface area contributed by atoms with E-state index < -0.39 is 17.7 Å². The van der Waals surface area contributed by atoms with Gasteiger partial charge >= 0.3 is 12.1 Å². The molecule has 0 aliphatic rings. The lowest BCUT2D eigenvalue weighted by Gasteiger charge is -2.10. The molecule has 0 aliphatic carbocycles. The minimum Gasteiger partial charge on any atom is -0.474 e. The number of hydrogen-bond acceptors (Lipinski definition) is 5. The predicted octanol–water partition coefficient (Wildman–Crippen LogP) is 4.36. The quantitative estimate of drug-likeness (QED) is 0.494. The largest absolute Gasteiger partial charge is 0.474 e. The first-order valence-corrected chi connectivity index (χ1v) is 8.79. The van der Waals surface area contributed by atoms with E-state index in [2.05, 4.69) is 10.1 Å². The summed E-state index contributed by atoms with van der Waals surface area (Å²) in [5.74, 6) is -0.242. The van der Waals surface area contributed by atoms with Gasteiger partial charge in [0.1, 0.15) is 0 Å². The molecule has 2 aromatic rings. The Kier molecular flexibility index (Phi) is 7.06. The molecule has 0 amide bonds. The molecule has 0 atom stereocenters. The molecular weight excluding hydrogens is 399 g/mol. The molecule has 0 aromatic carbocycles. The molecule has 0 saturated carbocycles. The zero-order chi connectivity index (χ0) is 20.9. The topological polar surface area (TPSA) is 66.2 Å². The van der Waals surface area contributed by atoms with E-state index in [0.29, 0.717) is 17.8 Å². The fourth-order valence-electron chi connectivity index (χ4n) is 2.19. The first kappa shape index (κ1) is 21.7. The molecule has 28 heavy (non-hydrogen) atoms. The first-order chi connectivity index (χ1) is 13.1. The summed E-state index contributed by atoms with van der Waals surface area (Å²) in [4.78, 5) is 15.4. The Morgan fingerprint density at radius 1 is 1.36 bits per heavy atom. The molecule has 2 rings (SSSR count). The second-order valence-corrected chi connectivity index (χ2v) is 6.37. The highest BCUT2D eigenvalue weighted by Crippen LogP contribution is 2.31. The Morgan fingerprint density at radius 3 is 2.64 bits per heavy atom. The van der Waals surface area contributed by atoms with Crippen molar-refractivity contribution < 1.29 is 27.4 Å². The van der Waals surface area contributed by atoms with Crippen LogP contribution in [0.25, 0.3) is 6.08 Å². The second kappa shape index (κ2) is 9.09. The summed E-state index contributed by atoms with van der Waals surface area (Å²) in [6.45, 7) is 5.54. The van der Waals surface area contributed by atoms with Crippen LogP contribution >= 0.6 is 11.6 Å². The van der Waals surface area contributed by atoms with Crippen LogP contribution in [0.4, 0.5) is 13.2 Å². The van der Waals surface area contributed by atoms with Crippen LogP contribution < -0.4 is 4.74 Å². The third-order valence-electron chi connectivity index (χ3n) is 3.37. The van der Waals surface area contributed by atoms with Gasteiger partial charge in [-0.25, -0.2) is 4.79 Å². The van der Waals surface area contributed by atoms with E-state index in [9.17, 15) is 18.0 Å². The zero-order valence-corrected chi connectivity index (χ0v) is 16.2. The highest BCUT2D eigenvalue weighted by molar-refractivity contribution is 6.31. The van der Waals surface area contributed by atoms with E-state index in [0.717, 1.165) is 6.07 Å². The van der Waals surface area contributed by atoms with Gasteiger partial charge in [0.05, 0.1) is 41.2 Å². The molecule has 0 saturated heterocycles. The minimum absolute atomic E-state index is 0.0130. The SMILES string of the molecule is CCOC(=O)/C=C/c1cc(OC(C)C)nn1Cc1ncc(C(F)(F)F)cc1Cl. The summed E-state index contributed by atoms with van der Waals surface area (Å²) < 4.78 is 50.1. The van der Waals surface area contributed by atoms with Crippen LogP contribution in [0.5, 0.6) is 5.88 Å². The molecule has 0 N–H and O–H groups in total. The van der Waals surface area contributed by atoms with Gasteiger partial charge in [-0.2, -0.15) is 13.2 Å². The van der Waals surface area contributed by atoms with Crippen molar-refractivity contribution in [3.8, 4) is 5.88 Å². The van der Waals surface area contributed by atoms with E-state index in [1.807, 2.05) is 13.8 Å². The summed E-state index contributed by atoms with van der Waals surface area (Å²) in [5, 5.41) is 4.11. The highest BCUT2D eigenvalue weighted by Gasteiger charge is 2.31. The molecule has 0 bridgehead atoms. The third-order valence-corrected chi connectivity index (χ3v) is 3.69. The van der Waals surface area contributed by atoms with Gasteiger partial charge in [0.15, 0.2) is 0 Å². The first-order valence-electron chi connectivity index (χ1n) is 8.41. The summed E-state index contributed by atoms with van der Waals surface area (Å²) in [6, 6.07) is 2.40. The van der Waals surface area contributed by atoms with Crippen molar-refractivity contribution in [3.63, 3.8) is 0 Å². The fourth-order valence-corrected chi connectivity index (χ4v) is 2.42. The van der Waals surface area contributed by atoms with Crippen molar-refractivity contribution in [2.75, 3.05) is 6.61 Å². The Labute approximate surface area is 164 Å².